The third kappa shape index (κ3) is 5.72. The molecular formula is C13H25N5O. The highest BCUT2D eigenvalue weighted by Crippen LogP contribution is 2.00. The molecule has 1 heterocycles. The van der Waals surface area contributed by atoms with E-state index >= 15 is 0 Å². The molecular weight excluding hydrogens is 242 g/mol. The van der Waals surface area contributed by atoms with Gasteiger partial charge in [0.25, 0.3) is 0 Å². The van der Waals surface area contributed by atoms with Crippen LogP contribution in [0, 0.1) is 12.8 Å². The second kappa shape index (κ2) is 7.76. The Balaban J connectivity index is 2.48. The zero-order chi connectivity index (χ0) is 14.3. The minimum absolute atomic E-state index is 0.378. The van der Waals surface area contributed by atoms with Gasteiger partial charge in [-0.05, 0) is 26.7 Å². The molecule has 0 bridgehead atoms. The molecule has 0 aliphatic heterocycles. The molecule has 0 spiro atoms. The maximum Gasteiger partial charge on any atom is 0.228 e. The Morgan fingerprint density at radius 3 is 2.63 bits per heavy atom. The van der Waals surface area contributed by atoms with Crippen molar-refractivity contribution in [3.8, 4) is 0 Å². The number of aryl methyl sites for hydroxylation is 1. The van der Waals surface area contributed by atoms with Crippen LogP contribution in [0.25, 0.3) is 0 Å². The van der Waals surface area contributed by atoms with Crippen molar-refractivity contribution in [3.05, 3.63) is 11.7 Å². The molecule has 1 rings (SSSR count). The van der Waals surface area contributed by atoms with Crippen LogP contribution in [0.3, 0.4) is 0 Å². The van der Waals surface area contributed by atoms with Gasteiger partial charge < -0.3 is 15.2 Å². The average molecular weight is 267 g/mol. The van der Waals surface area contributed by atoms with Gasteiger partial charge in [0.15, 0.2) is 11.8 Å². The fraction of sp³-hybridized carbons (Fsp3) is 0.769. The van der Waals surface area contributed by atoms with Crippen LogP contribution in [0.15, 0.2) is 9.52 Å². The lowest BCUT2D eigenvalue weighted by molar-refractivity contribution is 0.376. The van der Waals surface area contributed by atoms with Crippen molar-refractivity contribution < 1.29 is 4.52 Å². The fourth-order valence-corrected chi connectivity index (χ4v) is 1.41. The molecule has 0 saturated carbocycles. The molecule has 1 aromatic rings. The molecule has 6 heteroatoms. The van der Waals surface area contributed by atoms with Crippen molar-refractivity contribution in [3.63, 3.8) is 0 Å². The van der Waals surface area contributed by atoms with E-state index in [2.05, 4.69) is 53.5 Å². The minimum Gasteiger partial charge on any atom is -0.357 e. The molecule has 108 valence electrons. The number of aromatic nitrogens is 2. The predicted molar refractivity (Wildman–Crippen MR) is 76.2 cm³/mol. The van der Waals surface area contributed by atoms with Crippen molar-refractivity contribution in [1.82, 2.24) is 20.8 Å². The van der Waals surface area contributed by atoms with Crippen LogP contribution in [0.5, 0.6) is 0 Å². The summed E-state index contributed by atoms with van der Waals surface area (Å²) in [5.41, 5.74) is 0. The van der Waals surface area contributed by atoms with Gasteiger partial charge in [-0.2, -0.15) is 4.98 Å². The van der Waals surface area contributed by atoms with Crippen molar-refractivity contribution in [2.75, 3.05) is 13.1 Å². The fourth-order valence-electron chi connectivity index (χ4n) is 1.41. The Morgan fingerprint density at radius 1 is 1.37 bits per heavy atom. The molecule has 6 nitrogen and oxygen atoms in total. The van der Waals surface area contributed by atoms with Gasteiger partial charge in [-0.15, -0.1) is 0 Å². The second-order valence-corrected chi connectivity index (χ2v) is 4.92. The predicted octanol–water partition coefficient (Wildman–Crippen LogP) is 1.52. The third-order valence-corrected chi connectivity index (χ3v) is 2.87. The zero-order valence-corrected chi connectivity index (χ0v) is 12.5. The first-order valence-corrected chi connectivity index (χ1v) is 6.87. The summed E-state index contributed by atoms with van der Waals surface area (Å²) < 4.78 is 5.05. The summed E-state index contributed by atoms with van der Waals surface area (Å²) in [6.45, 7) is 11.9. The van der Waals surface area contributed by atoms with Gasteiger partial charge in [-0.25, -0.2) is 0 Å². The van der Waals surface area contributed by atoms with Crippen molar-refractivity contribution in [2.45, 2.75) is 47.1 Å². The lowest BCUT2D eigenvalue weighted by Gasteiger charge is -2.20. The third-order valence-electron chi connectivity index (χ3n) is 2.87. The monoisotopic (exact) mass is 267 g/mol. The van der Waals surface area contributed by atoms with E-state index in [1.807, 2.05) is 6.92 Å². The Hall–Kier alpha value is -1.59. The molecule has 0 radical (unpaired) electrons. The van der Waals surface area contributed by atoms with E-state index in [1.54, 1.807) is 0 Å². The molecule has 0 aromatic carbocycles. The lowest BCUT2D eigenvalue weighted by atomic mass is 10.1. The Labute approximate surface area is 115 Å². The van der Waals surface area contributed by atoms with E-state index in [1.165, 1.54) is 0 Å². The van der Waals surface area contributed by atoms with Crippen LogP contribution < -0.4 is 10.6 Å². The average Bonchev–Trinajstić information content (AvgIpc) is 2.75. The van der Waals surface area contributed by atoms with Crippen LogP contribution in [-0.4, -0.2) is 35.2 Å². The maximum atomic E-state index is 5.05. The number of hydrogen-bond acceptors (Lipinski definition) is 4. The van der Waals surface area contributed by atoms with Gasteiger partial charge in [0.2, 0.25) is 5.89 Å². The largest absolute Gasteiger partial charge is 0.357 e. The van der Waals surface area contributed by atoms with Crippen LogP contribution in [0.1, 0.15) is 39.4 Å². The number of nitrogens with one attached hydrogen (secondary N) is 2. The van der Waals surface area contributed by atoms with Crippen LogP contribution >= 0.6 is 0 Å². The number of guanidine groups is 1. The summed E-state index contributed by atoms with van der Waals surface area (Å²) in [6, 6.07) is 0.378. The lowest BCUT2D eigenvalue weighted by Crippen LogP contribution is -2.44. The summed E-state index contributed by atoms with van der Waals surface area (Å²) in [7, 11) is 0. The van der Waals surface area contributed by atoms with Gasteiger partial charge in [0.05, 0.1) is 6.54 Å². The highest BCUT2D eigenvalue weighted by molar-refractivity contribution is 5.80. The standard InChI is InChI=1S/C13H25N5O/c1-6-14-13(16-10(4)9(2)3)15-8-7-12-17-11(5)18-19-12/h9-10H,6-8H2,1-5H3,(H2,14,15,16). The quantitative estimate of drug-likeness (QED) is 0.604. The first kappa shape index (κ1) is 15.5. The zero-order valence-electron chi connectivity index (χ0n) is 12.5. The highest BCUT2D eigenvalue weighted by Gasteiger charge is 2.09. The molecule has 1 aromatic heterocycles. The van der Waals surface area contributed by atoms with E-state index < -0.39 is 0 Å². The van der Waals surface area contributed by atoms with Crippen molar-refractivity contribution >= 4 is 5.96 Å². The van der Waals surface area contributed by atoms with E-state index in [4.69, 9.17) is 4.52 Å². The number of aliphatic imine (C=N–C) groups is 1. The second-order valence-electron chi connectivity index (χ2n) is 4.92. The van der Waals surface area contributed by atoms with Crippen LogP contribution in [0.4, 0.5) is 0 Å². The van der Waals surface area contributed by atoms with Gasteiger partial charge in [-0.3, -0.25) is 4.99 Å². The summed E-state index contributed by atoms with van der Waals surface area (Å²) in [4.78, 5) is 8.66. The van der Waals surface area contributed by atoms with Gasteiger partial charge in [-0.1, -0.05) is 19.0 Å². The van der Waals surface area contributed by atoms with Crippen LogP contribution in [-0.2, 0) is 6.42 Å². The molecule has 2 N–H and O–H groups in total. The summed E-state index contributed by atoms with van der Waals surface area (Å²) in [5, 5.41) is 10.4. The topological polar surface area (TPSA) is 75.3 Å². The molecule has 1 atom stereocenters. The SMILES string of the molecule is CCNC(=NCCc1nc(C)no1)NC(C)C(C)C. The Morgan fingerprint density at radius 2 is 2.11 bits per heavy atom. The Bertz CT molecular complexity index is 399. The smallest absolute Gasteiger partial charge is 0.228 e. The van der Waals surface area contributed by atoms with Gasteiger partial charge in [0.1, 0.15) is 0 Å². The number of nitrogens with zero attached hydrogens (tertiary/aromatic N) is 3. The van der Waals surface area contributed by atoms with E-state index in [0.29, 0.717) is 36.6 Å². The maximum absolute atomic E-state index is 5.05. The minimum atomic E-state index is 0.378. The molecule has 0 aliphatic rings. The normalized spacial score (nSPS) is 13.7. The molecule has 19 heavy (non-hydrogen) atoms. The summed E-state index contributed by atoms with van der Waals surface area (Å²) in [5.74, 6) is 2.69. The number of rotatable bonds is 6. The van der Waals surface area contributed by atoms with Crippen molar-refractivity contribution in [1.29, 1.82) is 0 Å². The molecule has 0 amide bonds. The molecule has 0 fully saturated rings. The van der Waals surface area contributed by atoms with E-state index in [9.17, 15) is 0 Å². The summed E-state index contributed by atoms with van der Waals surface area (Å²) >= 11 is 0. The first-order chi connectivity index (χ1) is 9.02. The Kier molecular flexibility index (Phi) is 6.32. The van der Waals surface area contributed by atoms with Gasteiger partial charge in [0, 0.05) is 19.0 Å². The molecule has 0 saturated heterocycles. The first-order valence-electron chi connectivity index (χ1n) is 6.87. The highest BCUT2D eigenvalue weighted by atomic mass is 16.5. The number of hydrogen-bond donors (Lipinski definition) is 2. The van der Waals surface area contributed by atoms with E-state index in [-0.39, 0.29) is 0 Å². The van der Waals surface area contributed by atoms with Crippen molar-refractivity contribution in [2.24, 2.45) is 10.9 Å². The molecule has 1 unspecified atom stereocenters. The molecule has 0 aliphatic carbocycles. The van der Waals surface area contributed by atoms with Gasteiger partial charge >= 0.3 is 0 Å². The summed E-state index contributed by atoms with van der Waals surface area (Å²) in [6.07, 6.45) is 0.660. The van der Waals surface area contributed by atoms with Crippen LogP contribution in [0.2, 0.25) is 0 Å². The van der Waals surface area contributed by atoms with E-state index in [0.717, 1.165) is 12.5 Å².